The number of methoxy groups -OCH3 is 1. The standard InChI is InChI=1S/C19H17N3O5S/c1-22(19(25)26-2)13-7-5-12(6-8-13)20-18(24)15-9-10-16(28-15)21-17(23)14-4-3-11-27-14/h3-11H,1-2H3,(H,20,24)(H,21,23). The van der Waals surface area contributed by atoms with Crippen molar-refractivity contribution >= 4 is 45.6 Å². The largest absolute Gasteiger partial charge is 0.459 e. The lowest BCUT2D eigenvalue weighted by molar-refractivity contribution is 0.0995. The van der Waals surface area contributed by atoms with Gasteiger partial charge in [0.2, 0.25) is 0 Å². The van der Waals surface area contributed by atoms with Crippen LogP contribution in [0.1, 0.15) is 20.2 Å². The third-order valence-corrected chi connectivity index (χ3v) is 4.77. The highest BCUT2D eigenvalue weighted by Crippen LogP contribution is 2.24. The topological polar surface area (TPSA) is 101 Å². The lowest BCUT2D eigenvalue weighted by Crippen LogP contribution is -2.25. The molecule has 0 saturated carbocycles. The number of furan rings is 1. The summed E-state index contributed by atoms with van der Waals surface area (Å²) in [6.07, 6.45) is 0.927. The summed E-state index contributed by atoms with van der Waals surface area (Å²) in [5.41, 5.74) is 1.20. The smallest absolute Gasteiger partial charge is 0.413 e. The van der Waals surface area contributed by atoms with Crippen molar-refractivity contribution in [3.8, 4) is 0 Å². The average molecular weight is 399 g/mol. The Morgan fingerprint density at radius 2 is 1.75 bits per heavy atom. The van der Waals surface area contributed by atoms with Crippen LogP contribution in [0.5, 0.6) is 0 Å². The predicted molar refractivity (Wildman–Crippen MR) is 106 cm³/mol. The van der Waals surface area contributed by atoms with Crippen molar-refractivity contribution in [3.63, 3.8) is 0 Å². The van der Waals surface area contributed by atoms with Crippen LogP contribution >= 0.6 is 11.3 Å². The molecule has 0 bridgehead atoms. The van der Waals surface area contributed by atoms with Crippen LogP contribution in [0.4, 0.5) is 21.2 Å². The Morgan fingerprint density at radius 3 is 2.39 bits per heavy atom. The first-order valence-electron chi connectivity index (χ1n) is 8.15. The van der Waals surface area contributed by atoms with Gasteiger partial charge in [0.05, 0.1) is 23.3 Å². The van der Waals surface area contributed by atoms with Crippen LogP contribution < -0.4 is 15.5 Å². The van der Waals surface area contributed by atoms with E-state index < -0.39 is 6.09 Å². The number of rotatable bonds is 5. The van der Waals surface area contributed by atoms with Gasteiger partial charge < -0.3 is 19.8 Å². The van der Waals surface area contributed by atoms with Crippen molar-refractivity contribution in [2.75, 3.05) is 29.7 Å². The van der Waals surface area contributed by atoms with Crippen molar-refractivity contribution in [2.45, 2.75) is 0 Å². The zero-order valence-corrected chi connectivity index (χ0v) is 15.9. The molecular formula is C19H17N3O5S. The number of hydrogen-bond donors (Lipinski definition) is 2. The number of amides is 3. The summed E-state index contributed by atoms with van der Waals surface area (Å²) >= 11 is 1.15. The van der Waals surface area contributed by atoms with E-state index in [9.17, 15) is 14.4 Å². The molecule has 0 spiro atoms. The van der Waals surface area contributed by atoms with Gasteiger partial charge in [0.1, 0.15) is 0 Å². The molecule has 0 aliphatic heterocycles. The molecule has 0 unspecified atom stereocenters. The predicted octanol–water partition coefficient (Wildman–Crippen LogP) is 4.05. The third kappa shape index (κ3) is 4.38. The fourth-order valence-corrected chi connectivity index (χ4v) is 3.11. The molecule has 0 aliphatic carbocycles. The first-order valence-corrected chi connectivity index (χ1v) is 8.97. The highest BCUT2D eigenvalue weighted by Gasteiger charge is 2.14. The Labute approximate surface area is 164 Å². The second kappa shape index (κ2) is 8.40. The van der Waals surface area contributed by atoms with Crippen LogP contribution in [0.25, 0.3) is 0 Å². The van der Waals surface area contributed by atoms with Gasteiger partial charge in [0, 0.05) is 18.4 Å². The monoisotopic (exact) mass is 399 g/mol. The maximum absolute atomic E-state index is 12.4. The van der Waals surface area contributed by atoms with E-state index in [1.54, 1.807) is 55.6 Å². The molecule has 8 nitrogen and oxygen atoms in total. The fraction of sp³-hybridized carbons (Fsp3) is 0.105. The molecule has 3 aromatic rings. The fourth-order valence-electron chi connectivity index (χ4n) is 2.31. The Morgan fingerprint density at radius 1 is 1.00 bits per heavy atom. The van der Waals surface area contributed by atoms with E-state index in [1.165, 1.54) is 18.3 Å². The summed E-state index contributed by atoms with van der Waals surface area (Å²) in [6, 6.07) is 13.2. The first kappa shape index (κ1) is 19.2. The zero-order valence-electron chi connectivity index (χ0n) is 15.1. The lowest BCUT2D eigenvalue weighted by Gasteiger charge is -2.15. The highest BCUT2D eigenvalue weighted by molar-refractivity contribution is 7.18. The molecule has 2 aromatic heterocycles. The molecule has 1 aromatic carbocycles. The third-order valence-electron chi connectivity index (χ3n) is 3.77. The summed E-state index contributed by atoms with van der Waals surface area (Å²) in [4.78, 5) is 37.7. The molecule has 9 heteroatoms. The molecule has 3 rings (SSSR count). The Kier molecular flexibility index (Phi) is 5.75. The minimum atomic E-state index is -0.487. The number of anilines is 3. The molecule has 0 saturated heterocycles. The van der Waals surface area contributed by atoms with Crippen LogP contribution in [0.15, 0.2) is 59.2 Å². The van der Waals surface area contributed by atoms with Gasteiger partial charge in [-0.1, -0.05) is 0 Å². The average Bonchev–Trinajstić information content (AvgIpc) is 3.39. The Balaban J connectivity index is 1.61. The number of carbonyl (C=O) groups excluding carboxylic acids is 3. The molecule has 3 amide bonds. The van der Waals surface area contributed by atoms with Gasteiger partial charge >= 0.3 is 6.09 Å². The number of thiophene rings is 1. The van der Waals surface area contributed by atoms with Crippen molar-refractivity contribution in [1.82, 2.24) is 0 Å². The maximum atomic E-state index is 12.4. The summed E-state index contributed by atoms with van der Waals surface area (Å²) in [7, 11) is 2.89. The Bertz CT molecular complexity index is 979. The molecule has 0 fully saturated rings. The van der Waals surface area contributed by atoms with Gasteiger partial charge in [-0.15, -0.1) is 11.3 Å². The zero-order chi connectivity index (χ0) is 20.1. The number of benzene rings is 1. The minimum Gasteiger partial charge on any atom is -0.459 e. The van der Waals surface area contributed by atoms with E-state index in [2.05, 4.69) is 15.4 Å². The van der Waals surface area contributed by atoms with E-state index in [1.807, 2.05) is 0 Å². The molecule has 28 heavy (non-hydrogen) atoms. The highest BCUT2D eigenvalue weighted by atomic mass is 32.1. The lowest BCUT2D eigenvalue weighted by atomic mass is 10.2. The van der Waals surface area contributed by atoms with E-state index in [-0.39, 0.29) is 17.6 Å². The van der Waals surface area contributed by atoms with Crippen molar-refractivity contribution in [1.29, 1.82) is 0 Å². The number of nitrogens with zero attached hydrogens (tertiary/aromatic N) is 1. The summed E-state index contributed by atoms with van der Waals surface area (Å²) < 4.78 is 9.69. The van der Waals surface area contributed by atoms with Crippen LogP contribution in [-0.2, 0) is 4.74 Å². The van der Waals surface area contributed by atoms with Crippen molar-refractivity contribution < 1.29 is 23.5 Å². The number of carbonyl (C=O) groups is 3. The summed E-state index contributed by atoms with van der Waals surface area (Å²) in [6.45, 7) is 0. The SMILES string of the molecule is COC(=O)N(C)c1ccc(NC(=O)c2ccc(NC(=O)c3ccco3)s2)cc1. The van der Waals surface area contributed by atoms with Crippen molar-refractivity contribution in [2.24, 2.45) is 0 Å². The van der Waals surface area contributed by atoms with E-state index >= 15 is 0 Å². The van der Waals surface area contributed by atoms with Crippen LogP contribution in [-0.4, -0.2) is 32.1 Å². The van der Waals surface area contributed by atoms with E-state index in [0.717, 1.165) is 11.3 Å². The van der Waals surface area contributed by atoms with Crippen LogP contribution in [0.2, 0.25) is 0 Å². The van der Waals surface area contributed by atoms with Gasteiger partial charge in [0.25, 0.3) is 11.8 Å². The minimum absolute atomic E-state index is 0.191. The van der Waals surface area contributed by atoms with E-state index in [0.29, 0.717) is 21.3 Å². The molecule has 0 atom stereocenters. The van der Waals surface area contributed by atoms with Crippen molar-refractivity contribution in [3.05, 3.63) is 65.4 Å². The summed E-state index contributed by atoms with van der Waals surface area (Å²) in [5, 5.41) is 5.97. The first-order chi connectivity index (χ1) is 13.5. The van der Waals surface area contributed by atoms with Gasteiger partial charge in [0.15, 0.2) is 5.76 Å². The molecule has 0 radical (unpaired) electrons. The second-order valence-corrected chi connectivity index (χ2v) is 6.71. The summed E-state index contributed by atoms with van der Waals surface area (Å²) in [5.74, 6) is -0.502. The quantitative estimate of drug-likeness (QED) is 0.674. The van der Waals surface area contributed by atoms with Crippen LogP contribution in [0, 0.1) is 0 Å². The molecule has 0 aliphatic rings. The molecule has 2 heterocycles. The number of hydrogen-bond acceptors (Lipinski definition) is 6. The number of ether oxygens (including phenoxy) is 1. The number of nitrogens with one attached hydrogen (secondary N) is 2. The molecule has 2 N–H and O–H groups in total. The van der Waals surface area contributed by atoms with Gasteiger partial charge in [-0.2, -0.15) is 0 Å². The second-order valence-electron chi connectivity index (χ2n) is 5.63. The molecule has 144 valence electrons. The Hall–Kier alpha value is -3.59. The maximum Gasteiger partial charge on any atom is 0.413 e. The van der Waals surface area contributed by atoms with E-state index in [4.69, 9.17) is 4.42 Å². The normalized spacial score (nSPS) is 10.2. The van der Waals surface area contributed by atoms with Gasteiger partial charge in [-0.05, 0) is 48.5 Å². The van der Waals surface area contributed by atoms with Gasteiger partial charge in [-0.25, -0.2) is 4.79 Å². The van der Waals surface area contributed by atoms with Gasteiger partial charge in [-0.3, -0.25) is 14.5 Å². The van der Waals surface area contributed by atoms with Crippen LogP contribution in [0.3, 0.4) is 0 Å². The molecular weight excluding hydrogens is 382 g/mol.